The number of halogens is 2. The minimum absolute atomic E-state index is 0.213. The molecule has 1 amide bonds. The van der Waals surface area contributed by atoms with E-state index in [-0.39, 0.29) is 18.1 Å². The predicted molar refractivity (Wildman–Crippen MR) is 128 cm³/mol. The van der Waals surface area contributed by atoms with Gasteiger partial charge in [0.25, 0.3) is 5.91 Å². The number of aromatic nitrogens is 3. The maximum absolute atomic E-state index is 12.1. The average molecular weight is 490 g/mol. The molecule has 0 fully saturated rings. The number of thiazole rings is 1. The van der Waals surface area contributed by atoms with Gasteiger partial charge in [-0.25, -0.2) is 15.0 Å². The zero-order valence-corrected chi connectivity index (χ0v) is 19.0. The van der Waals surface area contributed by atoms with Gasteiger partial charge in [-0.05, 0) is 36.8 Å². The Hall–Kier alpha value is -3.34. The molecule has 5 N–H and O–H groups in total. The van der Waals surface area contributed by atoms with Gasteiger partial charge in [0.1, 0.15) is 17.8 Å². The van der Waals surface area contributed by atoms with E-state index in [9.17, 15) is 4.79 Å². The molecule has 2 aromatic heterocycles. The molecule has 0 bridgehead atoms. The Morgan fingerprint density at radius 2 is 2.00 bits per heavy atom. The van der Waals surface area contributed by atoms with Crippen molar-refractivity contribution in [1.29, 1.82) is 0 Å². The highest BCUT2D eigenvalue weighted by Crippen LogP contribution is 2.32. The van der Waals surface area contributed by atoms with Crippen molar-refractivity contribution in [1.82, 2.24) is 20.4 Å². The third-order valence-corrected chi connectivity index (χ3v) is 5.77. The van der Waals surface area contributed by atoms with Crippen LogP contribution in [0.25, 0.3) is 10.2 Å². The number of benzene rings is 2. The van der Waals surface area contributed by atoms with Gasteiger partial charge in [0.2, 0.25) is 0 Å². The number of anilines is 4. The number of hydrogen-bond donors (Lipinski definition) is 4. The van der Waals surface area contributed by atoms with Gasteiger partial charge in [0, 0.05) is 5.02 Å². The van der Waals surface area contributed by atoms with Crippen LogP contribution in [-0.2, 0) is 4.79 Å². The van der Waals surface area contributed by atoms with E-state index < -0.39 is 5.91 Å². The van der Waals surface area contributed by atoms with Gasteiger partial charge in [-0.1, -0.05) is 46.7 Å². The van der Waals surface area contributed by atoms with Crippen LogP contribution in [0.1, 0.15) is 5.56 Å². The summed E-state index contributed by atoms with van der Waals surface area (Å²) in [6.45, 7) is 1.72. The Morgan fingerprint density at radius 3 is 2.78 bits per heavy atom. The van der Waals surface area contributed by atoms with Crippen molar-refractivity contribution >= 4 is 73.1 Å². The Labute approximate surface area is 196 Å². The number of rotatable bonds is 7. The highest BCUT2D eigenvalue weighted by atomic mass is 35.5. The third-order valence-electron chi connectivity index (χ3n) is 4.30. The van der Waals surface area contributed by atoms with E-state index in [1.165, 1.54) is 23.7 Å². The largest absolute Gasteiger partial charge is 0.482 e. The van der Waals surface area contributed by atoms with E-state index in [1.807, 2.05) is 25.1 Å². The number of nitrogens with two attached hydrogens (primary N) is 1. The zero-order chi connectivity index (χ0) is 22.7. The van der Waals surface area contributed by atoms with Gasteiger partial charge < -0.3 is 15.8 Å². The van der Waals surface area contributed by atoms with Gasteiger partial charge >= 0.3 is 0 Å². The number of ether oxygens (including phenoxy) is 1. The summed E-state index contributed by atoms with van der Waals surface area (Å²) in [6.07, 6.45) is 1.32. The number of hydrogen-bond acceptors (Lipinski definition) is 9. The summed E-state index contributed by atoms with van der Waals surface area (Å²) in [5.74, 6) is 0.450. The maximum Gasteiger partial charge on any atom is 0.276 e. The average Bonchev–Trinajstić information content (AvgIpc) is 3.18. The highest BCUT2D eigenvalue weighted by molar-refractivity contribution is 7.22. The first-order valence-corrected chi connectivity index (χ1v) is 10.8. The number of amides is 1. The van der Waals surface area contributed by atoms with Crippen molar-refractivity contribution in [3.8, 4) is 5.75 Å². The maximum atomic E-state index is 12.1. The summed E-state index contributed by atoms with van der Waals surface area (Å²) in [6, 6.07) is 10.7. The molecule has 4 rings (SSSR count). The fourth-order valence-electron chi connectivity index (χ4n) is 2.74. The Morgan fingerprint density at radius 1 is 1.19 bits per heavy atom. The summed E-state index contributed by atoms with van der Waals surface area (Å²) < 4.78 is 6.44. The van der Waals surface area contributed by atoms with E-state index >= 15 is 0 Å². The second-order valence-electron chi connectivity index (χ2n) is 6.59. The van der Waals surface area contributed by atoms with Crippen molar-refractivity contribution in [2.24, 2.45) is 0 Å². The lowest BCUT2D eigenvalue weighted by Gasteiger charge is -2.13. The highest BCUT2D eigenvalue weighted by Gasteiger charge is 2.13. The summed E-state index contributed by atoms with van der Waals surface area (Å²) in [7, 11) is 0. The quantitative estimate of drug-likeness (QED) is 0.278. The number of nitrogen functional groups attached to an aromatic ring is 1. The first-order valence-electron chi connectivity index (χ1n) is 9.27. The molecule has 32 heavy (non-hydrogen) atoms. The van der Waals surface area contributed by atoms with E-state index in [4.69, 9.17) is 33.7 Å². The molecular formula is C20H17Cl2N7O2S. The standard InChI is InChI=1S/C20H17Cl2N7O2S/c1-10-3-2-4-14-17(10)26-20(32-14)27-18-16(23)19(25-9-24-18)29-28-15(30)8-31-13-6-5-11(21)7-12(13)22/h2-7,9H,8,23H2,1H3,(H,28,30)(H2,24,25,26,27,29). The lowest BCUT2D eigenvalue weighted by Crippen LogP contribution is -2.34. The SMILES string of the molecule is Cc1cccc2sc(Nc3ncnc(NNC(=O)COc4ccc(Cl)cc4Cl)c3N)nc12. The van der Waals surface area contributed by atoms with Crippen molar-refractivity contribution < 1.29 is 9.53 Å². The van der Waals surface area contributed by atoms with Crippen LogP contribution in [0, 0.1) is 6.92 Å². The topological polar surface area (TPSA) is 127 Å². The molecule has 12 heteroatoms. The van der Waals surface area contributed by atoms with E-state index in [2.05, 4.69) is 31.1 Å². The fraction of sp³-hybridized carbons (Fsp3) is 0.100. The molecule has 0 atom stereocenters. The van der Waals surface area contributed by atoms with E-state index in [0.717, 1.165) is 15.8 Å². The number of nitrogens with zero attached hydrogens (tertiary/aromatic N) is 3. The normalized spacial score (nSPS) is 10.7. The Kier molecular flexibility index (Phi) is 6.45. The molecule has 0 saturated carbocycles. The molecule has 164 valence electrons. The lowest BCUT2D eigenvalue weighted by molar-refractivity contribution is -0.122. The molecule has 0 aliphatic rings. The van der Waals surface area contributed by atoms with Crippen LogP contribution in [0.15, 0.2) is 42.7 Å². The van der Waals surface area contributed by atoms with Crippen molar-refractivity contribution in [3.63, 3.8) is 0 Å². The Bertz CT molecular complexity index is 1300. The number of carbonyl (C=O) groups is 1. The molecule has 2 aromatic carbocycles. The van der Waals surface area contributed by atoms with Crippen LogP contribution in [0.2, 0.25) is 10.0 Å². The molecule has 4 aromatic rings. The minimum atomic E-state index is -0.467. The Balaban J connectivity index is 1.38. The fourth-order valence-corrected chi connectivity index (χ4v) is 4.14. The summed E-state index contributed by atoms with van der Waals surface area (Å²) in [5.41, 5.74) is 13.5. The molecule has 2 heterocycles. The number of nitrogens with one attached hydrogen (secondary N) is 3. The number of para-hydroxylation sites is 1. The molecule has 0 aliphatic heterocycles. The third kappa shape index (κ3) is 4.93. The second-order valence-corrected chi connectivity index (χ2v) is 8.46. The first kappa shape index (κ1) is 21.9. The first-order chi connectivity index (χ1) is 15.4. The van der Waals surface area contributed by atoms with Crippen LogP contribution >= 0.6 is 34.5 Å². The number of fused-ring (bicyclic) bond motifs is 1. The minimum Gasteiger partial charge on any atom is -0.482 e. The zero-order valence-electron chi connectivity index (χ0n) is 16.6. The molecule has 0 spiro atoms. The van der Waals surface area contributed by atoms with Gasteiger partial charge in [0.15, 0.2) is 23.4 Å². The molecule has 9 nitrogen and oxygen atoms in total. The number of aryl methyl sites for hydroxylation is 1. The van der Waals surface area contributed by atoms with Crippen LogP contribution in [0.4, 0.5) is 22.5 Å². The van der Waals surface area contributed by atoms with Gasteiger partial charge in [-0.2, -0.15) is 0 Å². The van der Waals surface area contributed by atoms with E-state index in [1.54, 1.807) is 12.1 Å². The summed E-state index contributed by atoms with van der Waals surface area (Å²) in [5, 5.41) is 4.52. The van der Waals surface area contributed by atoms with Crippen LogP contribution in [0.3, 0.4) is 0 Å². The van der Waals surface area contributed by atoms with Crippen molar-refractivity contribution in [2.45, 2.75) is 6.92 Å². The smallest absolute Gasteiger partial charge is 0.276 e. The van der Waals surface area contributed by atoms with Crippen molar-refractivity contribution in [3.05, 3.63) is 58.3 Å². The number of carbonyl (C=O) groups excluding carboxylic acids is 1. The monoisotopic (exact) mass is 489 g/mol. The molecular weight excluding hydrogens is 473 g/mol. The molecule has 0 radical (unpaired) electrons. The van der Waals surface area contributed by atoms with Crippen LogP contribution in [0.5, 0.6) is 5.75 Å². The predicted octanol–water partition coefficient (Wildman–Crippen LogP) is 4.55. The summed E-state index contributed by atoms with van der Waals surface area (Å²) >= 11 is 13.3. The molecule has 0 unspecified atom stereocenters. The van der Waals surface area contributed by atoms with Gasteiger partial charge in [-0.15, -0.1) is 0 Å². The summed E-state index contributed by atoms with van der Waals surface area (Å²) in [4.78, 5) is 24.9. The van der Waals surface area contributed by atoms with Crippen LogP contribution < -0.4 is 26.6 Å². The second kappa shape index (κ2) is 9.43. The number of hydrazine groups is 1. The van der Waals surface area contributed by atoms with E-state index in [0.29, 0.717) is 26.7 Å². The van der Waals surface area contributed by atoms with Gasteiger partial charge in [0.05, 0.1) is 15.2 Å². The molecule has 0 saturated heterocycles. The van der Waals surface area contributed by atoms with Crippen molar-refractivity contribution in [2.75, 3.05) is 23.1 Å². The van der Waals surface area contributed by atoms with Gasteiger partial charge in [-0.3, -0.25) is 15.6 Å². The molecule has 0 aliphatic carbocycles. The lowest BCUT2D eigenvalue weighted by atomic mass is 10.2. The van der Waals surface area contributed by atoms with Crippen LogP contribution in [-0.4, -0.2) is 27.5 Å².